The predicted molar refractivity (Wildman–Crippen MR) is 127 cm³/mol. The Balaban J connectivity index is 1.40. The Hall–Kier alpha value is -4.46. The first-order valence-corrected chi connectivity index (χ1v) is 10.8. The topological polar surface area (TPSA) is 81.1 Å². The van der Waals surface area contributed by atoms with Crippen LogP contribution in [0.15, 0.2) is 96.5 Å². The smallest absolute Gasteiger partial charge is 0.255 e. The van der Waals surface area contributed by atoms with Crippen molar-refractivity contribution in [3.63, 3.8) is 0 Å². The van der Waals surface area contributed by atoms with Gasteiger partial charge in [-0.25, -0.2) is 9.07 Å². The number of hydrogen-bond acceptors (Lipinski definition) is 5. The van der Waals surface area contributed by atoms with Crippen LogP contribution in [0.2, 0.25) is 0 Å². The Labute approximate surface area is 195 Å². The average Bonchev–Trinajstić information content (AvgIpc) is 3.32. The summed E-state index contributed by atoms with van der Waals surface area (Å²) in [5.41, 5.74) is 3.69. The van der Waals surface area contributed by atoms with Gasteiger partial charge in [0, 0.05) is 11.4 Å². The second kappa shape index (κ2) is 9.19. The predicted octanol–water partition coefficient (Wildman–Crippen LogP) is 4.92. The van der Waals surface area contributed by atoms with E-state index in [1.807, 2.05) is 61.5 Å². The maximum absolute atomic E-state index is 13.3. The first-order valence-electron chi connectivity index (χ1n) is 10.8. The van der Waals surface area contributed by atoms with Gasteiger partial charge >= 0.3 is 0 Å². The lowest BCUT2D eigenvalue weighted by atomic mass is 9.95. The van der Waals surface area contributed by atoms with Crippen LogP contribution in [-0.4, -0.2) is 20.7 Å². The molecule has 8 heteroatoms. The van der Waals surface area contributed by atoms with Gasteiger partial charge in [-0.3, -0.25) is 4.79 Å². The van der Waals surface area contributed by atoms with Crippen molar-refractivity contribution in [2.75, 3.05) is 10.6 Å². The molecule has 2 N–H and O–H groups in total. The SMILES string of the molecule is CC1=C(C(=O)Nc2ccccc2)C(c2ccc(OCc3ccc(F)cc3)cc2)n2ncnc2N1. The minimum absolute atomic E-state index is 0.223. The second-order valence-corrected chi connectivity index (χ2v) is 7.90. The van der Waals surface area contributed by atoms with E-state index in [1.165, 1.54) is 18.5 Å². The zero-order valence-corrected chi connectivity index (χ0v) is 18.4. The molecule has 1 amide bonds. The number of carbonyl (C=O) groups is 1. The molecular formula is C26H22FN5O2. The van der Waals surface area contributed by atoms with Gasteiger partial charge in [0.2, 0.25) is 5.95 Å². The van der Waals surface area contributed by atoms with Gasteiger partial charge in [-0.05, 0) is 54.4 Å². The normalized spacial score (nSPS) is 14.8. The number of nitrogens with one attached hydrogen (secondary N) is 2. The standard InChI is InChI=1S/C26H22FN5O2/c1-17-23(25(33)31-21-5-3-2-4-6-21)24(32-26(30-17)28-16-29-32)19-9-13-22(14-10-19)34-15-18-7-11-20(27)12-8-18/h2-14,16,24H,15H2,1H3,(H,31,33)(H,28,29,30). The Morgan fingerprint density at radius 2 is 1.79 bits per heavy atom. The fourth-order valence-corrected chi connectivity index (χ4v) is 3.91. The van der Waals surface area contributed by atoms with Crippen molar-refractivity contribution < 1.29 is 13.9 Å². The summed E-state index contributed by atoms with van der Waals surface area (Å²) in [6.07, 6.45) is 1.46. The summed E-state index contributed by atoms with van der Waals surface area (Å²) in [4.78, 5) is 17.6. The van der Waals surface area contributed by atoms with Crippen molar-refractivity contribution in [2.24, 2.45) is 0 Å². The minimum atomic E-state index is -0.464. The lowest BCUT2D eigenvalue weighted by Gasteiger charge is -2.28. The van der Waals surface area contributed by atoms with Crippen molar-refractivity contribution in [1.82, 2.24) is 14.8 Å². The van der Waals surface area contributed by atoms with Crippen LogP contribution in [0.25, 0.3) is 0 Å². The van der Waals surface area contributed by atoms with Crippen LogP contribution in [0.3, 0.4) is 0 Å². The van der Waals surface area contributed by atoms with Crippen molar-refractivity contribution in [3.05, 3.63) is 113 Å². The van der Waals surface area contributed by atoms with Gasteiger partial charge in [-0.2, -0.15) is 10.1 Å². The Morgan fingerprint density at radius 1 is 1.06 bits per heavy atom. The molecule has 4 aromatic rings. The van der Waals surface area contributed by atoms with Crippen LogP contribution in [0.4, 0.5) is 16.0 Å². The number of fused-ring (bicyclic) bond motifs is 1. The third-order valence-electron chi connectivity index (χ3n) is 5.59. The molecular weight excluding hydrogens is 433 g/mol. The van der Waals surface area contributed by atoms with Crippen molar-refractivity contribution in [3.8, 4) is 5.75 Å². The summed E-state index contributed by atoms with van der Waals surface area (Å²) in [7, 11) is 0. The molecule has 1 aromatic heterocycles. The van der Waals surface area contributed by atoms with Crippen molar-refractivity contribution in [2.45, 2.75) is 19.6 Å². The highest BCUT2D eigenvalue weighted by atomic mass is 19.1. The van der Waals surface area contributed by atoms with Crippen LogP contribution in [0, 0.1) is 5.82 Å². The minimum Gasteiger partial charge on any atom is -0.489 e. The van der Waals surface area contributed by atoms with Crippen molar-refractivity contribution in [1.29, 1.82) is 0 Å². The molecule has 0 saturated carbocycles. The van der Waals surface area contributed by atoms with E-state index < -0.39 is 6.04 Å². The summed E-state index contributed by atoms with van der Waals surface area (Å²) in [5.74, 6) is 0.726. The number of amides is 1. The highest BCUT2D eigenvalue weighted by Crippen LogP contribution is 2.35. The van der Waals surface area contributed by atoms with Crippen LogP contribution < -0.4 is 15.4 Å². The van der Waals surface area contributed by atoms with E-state index in [-0.39, 0.29) is 11.7 Å². The molecule has 1 aliphatic heterocycles. The first kappa shape index (κ1) is 21.4. The van der Waals surface area contributed by atoms with Crippen molar-refractivity contribution >= 4 is 17.5 Å². The van der Waals surface area contributed by atoms with E-state index in [1.54, 1.807) is 16.8 Å². The fourth-order valence-electron chi connectivity index (χ4n) is 3.91. The zero-order chi connectivity index (χ0) is 23.5. The number of anilines is 2. The van der Waals surface area contributed by atoms with E-state index in [9.17, 15) is 9.18 Å². The molecule has 0 bridgehead atoms. The van der Waals surface area contributed by atoms with Crippen LogP contribution >= 0.6 is 0 Å². The third kappa shape index (κ3) is 4.38. The average molecular weight is 455 g/mol. The van der Waals surface area contributed by atoms with Gasteiger partial charge in [-0.15, -0.1) is 0 Å². The molecule has 5 rings (SSSR count). The molecule has 3 aromatic carbocycles. The maximum atomic E-state index is 13.3. The molecule has 0 aliphatic carbocycles. The molecule has 2 heterocycles. The Bertz CT molecular complexity index is 1330. The number of para-hydroxylation sites is 1. The molecule has 0 fully saturated rings. The highest BCUT2D eigenvalue weighted by molar-refractivity contribution is 6.06. The zero-order valence-electron chi connectivity index (χ0n) is 18.4. The largest absolute Gasteiger partial charge is 0.489 e. The van der Waals surface area contributed by atoms with E-state index in [2.05, 4.69) is 20.7 Å². The fraction of sp³-hybridized carbons (Fsp3) is 0.115. The van der Waals surface area contributed by atoms with Gasteiger partial charge in [0.1, 0.15) is 30.5 Å². The van der Waals surface area contributed by atoms with Crippen LogP contribution in [0.1, 0.15) is 24.1 Å². The molecule has 1 atom stereocenters. The maximum Gasteiger partial charge on any atom is 0.255 e. The number of hydrogen-bond donors (Lipinski definition) is 2. The second-order valence-electron chi connectivity index (χ2n) is 7.90. The number of nitrogens with zero attached hydrogens (tertiary/aromatic N) is 3. The number of halogens is 1. The Morgan fingerprint density at radius 3 is 2.53 bits per heavy atom. The van der Waals surface area contributed by atoms with E-state index in [0.29, 0.717) is 35.3 Å². The number of allylic oxidation sites excluding steroid dienone is 1. The van der Waals surface area contributed by atoms with Crippen LogP contribution in [0.5, 0.6) is 5.75 Å². The van der Waals surface area contributed by atoms with Crippen LogP contribution in [-0.2, 0) is 11.4 Å². The third-order valence-corrected chi connectivity index (χ3v) is 5.59. The van der Waals surface area contributed by atoms with Gasteiger partial charge < -0.3 is 15.4 Å². The quantitative estimate of drug-likeness (QED) is 0.431. The highest BCUT2D eigenvalue weighted by Gasteiger charge is 2.33. The molecule has 0 radical (unpaired) electrons. The molecule has 0 spiro atoms. The molecule has 170 valence electrons. The monoisotopic (exact) mass is 455 g/mol. The molecule has 1 aliphatic rings. The lowest BCUT2D eigenvalue weighted by molar-refractivity contribution is -0.113. The van der Waals surface area contributed by atoms with Gasteiger partial charge in [-0.1, -0.05) is 42.5 Å². The summed E-state index contributed by atoms with van der Waals surface area (Å²) in [6, 6.07) is 22.6. The summed E-state index contributed by atoms with van der Waals surface area (Å²) in [5, 5.41) is 10.5. The molecule has 1 unspecified atom stereocenters. The molecule has 34 heavy (non-hydrogen) atoms. The van der Waals surface area contributed by atoms with E-state index in [0.717, 1.165) is 11.1 Å². The van der Waals surface area contributed by atoms with Gasteiger partial charge in [0.25, 0.3) is 5.91 Å². The molecule has 0 saturated heterocycles. The summed E-state index contributed by atoms with van der Waals surface area (Å²) >= 11 is 0. The van der Waals surface area contributed by atoms with Gasteiger partial charge in [0.15, 0.2) is 0 Å². The number of rotatable bonds is 6. The number of benzene rings is 3. The first-order chi connectivity index (χ1) is 16.6. The van der Waals surface area contributed by atoms with E-state index >= 15 is 0 Å². The Kier molecular flexibility index (Phi) is 5.78. The summed E-state index contributed by atoms with van der Waals surface area (Å²) in [6.45, 7) is 2.18. The number of aromatic nitrogens is 3. The lowest BCUT2D eigenvalue weighted by Crippen LogP contribution is -2.31. The summed E-state index contributed by atoms with van der Waals surface area (Å²) < 4.78 is 20.6. The number of ether oxygens (including phenoxy) is 1. The number of carbonyl (C=O) groups excluding carboxylic acids is 1. The van der Waals surface area contributed by atoms with Gasteiger partial charge in [0.05, 0.1) is 5.57 Å². The molecule has 7 nitrogen and oxygen atoms in total. The van der Waals surface area contributed by atoms with E-state index in [4.69, 9.17) is 4.74 Å².